The SMILES string of the molecule is COCCCNC(=O)c1cc(-c2ccccc2)n(-c2ccc(OC)cc2OC)c1C. The van der Waals surface area contributed by atoms with Gasteiger partial charge in [-0.3, -0.25) is 4.79 Å². The van der Waals surface area contributed by atoms with Crippen molar-refractivity contribution in [3.8, 4) is 28.4 Å². The molecule has 3 rings (SSSR count). The summed E-state index contributed by atoms with van der Waals surface area (Å²) < 4.78 is 18.1. The Morgan fingerprint density at radius 1 is 1.00 bits per heavy atom. The van der Waals surface area contributed by atoms with Crippen LogP contribution >= 0.6 is 0 Å². The van der Waals surface area contributed by atoms with Gasteiger partial charge in [0, 0.05) is 32.0 Å². The monoisotopic (exact) mass is 408 g/mol. The summed E-state index contributed by atoms with van der Waals surface area (Å²) in [6, 6.07) is 17.6. The lowest BCUT2D eigenvalue weighted by Crippen LogP contribution is -2.25. The lowest BCUT2D eigenvalue weighted by atomic mass is 10.1. The van der Waals surface area contributed by atoms with Gasteiger partial charge in [-0.05, 0) is 37.1 Å². The van der Waals surface area contributed by atoms with Gasteiger partial charge in [-0.15, -0.1) is 0 Å². The van der Waals surface area contributed by atoms with Crippen molar-refractivity contribution in [3.63, 3.8) is 0 Å². The van der Waals surface area contributed by atoms with Crippen LogP contribution < -0.4 is 14.8 Å². The minimum atomic E-state index is -0.105. The molecule has 1 N–H and O–H groups in total. The molecule has 3 aromatic rings. The number of carbonyl (C=O) groups excluding carboxylic acids is 1. The molecule has 0 aliphatic heterocycles. The van der Waals surface area contributed by atoms with Crippen molar-refractivity contribution in [2.24, 2.45) is 0 Å². The Bertz CT molecular complexity index is 996. The molecule has 6 nitrogen and oxygen atoms in total. The van der Waals surface area contributed by atoms with Crippen molar-refractivity contribution in [1.29, 1.82) is 0 Å². The smallest absolute Gasteiger partial charge is 0.253 e. The molecule has 0 bridgehead atoms. The third kappa shape index (κ3) is 4.49. The molecule has 0 aliphatic rings. The maximum absolute atomic E-state index is 12.9. The van der Waals surface area contributed by atoms with E-state index in [-0.39, 0.29) is 5.91 Å². The number of hydrogen-bond donors (Lipinski definition) is 1. The number of ether oxygens (including phenoxy) is 3. The van der Waals surface area contributed by atoms with E-state index >= 15 is 0 Å². The number of benzene rings is 2. The normalized spacial score (nSPS) is 10.7. The van der Waals surface area contributed by atoms with Crippen LogP contribution in [0.15, 0.2) is 54.6 Å². The van der Waals surface area contributed by atoms with Gasteiger partial charge in [-0.25, -0.2) is 0 Å². The molecular weight excluding hydrogens is 380 g/mol. The first-order valence-electron chi connectivity index (χ1n) is 9.88. The largest absolute Gasteiger partial charge is 0.497 e. The van der Waals surface area contributed by atoms with Crippen molar-refractivity contribution in [2.75, 3.05) is 34.5 Å². The van der Waals surface area contributed by atoms with Crippen LogP contribution in [0, 0.1) is 6.92 Å². The summed E-state index contributed by atoms with van der Waals surface area (Å²) in [4.78, 5) is 12.9. The fourth-order valence-corrected chi connectivity index (χ4v) is 3.45. The summed E-state index contributed by atoms with van der Waals surface area (Å²) in [5.74, 6) is 1.27. The summed E-state index contributed by atoms with van der Waals surface area (Å²) >= 11 is 0. The van der Waals surface area contributed by atoms with Crippen molar-refractivity contribution < 1.29 is 19.0 Å². The highest BCUT2D eigenvalue weighted by Gasteiger charge is 2.21. The van der Waals surface area contributed by atoms with Gasteiger partial charge in [0.15, 0.2) is 0 Å². The molecule has 0 spiro atoms. The molecule has 0 aliphatic carbocycles. The number of hydrogen-bond acceptors (Lipinski definition) is 4. The topological polar surface area (TPSA) is 61.7 Å². The Kier molecular flexibility index (Phi) is 7.14. The van der Waals surface area contributed by atoms with E-state index in [1.807, 2.05) is 61.5 Å². The van der Waals surface area contributed by atoms with E-state index in [9.17, 15) is 4.79 Å². The fraction of sp³-hybridized carbons (Fsp3) is 0.292. The third-order valence-corrected chi connectivity index (χ3v) is 5.00. The molecular formula is C24H28N2O4. The van der Waals surface area contributed by atoms with Gasteiger partial charge >= 0.3 is 0 Å². The zero-order chi connectivity index (χ0) is 21.5. The van der Waals surface area contributed by atoms with E-state index in [2.05, 4.69) is 9.88 Å². The minimum Gasteiger partial charge on any atom is -0.497 e. The summed E-state index contributed by atoms with van der Waals surface area (Å²) in [6.07, 6.45) is 0.764. The lowest BCUT2D eigenvalue weighted by molar-refractivity contribution is 0.0948. The zero-order valence-electron chi connectivity index (χ0n) is 17.9. The Morgan fingerprint density at radius 3 is 2.43 bits per heavy atom. The molecule has 30 heavy (non-hydrogen) atoms. The van der Waals surface area contributed by atoms with E-state index in [1.165, 1.54) is 0 Å². The van der Waals surface area contributed by atoms with E-state index in [0.29, 0.717) is 30.2 Å². The molecule has 0 saturated heterocycles. The van der Waals surface area contributed by atoms with E-state index in [1.54, 1.807) is 21.3 Å². The molecule has 158 valence electrons. The molecule has 0 saturated carbocycles. The van der Waals surface area contributed by atoms with Gasteiger partial charge in [0.1, 0.15) is 11.5 Å². The van der Waals surface area contributed by atoms with Crippen LogP contribution in [0.2, 0.25) is 0 Å². The van der Waals surface area contributed by atoms with Crippen LogP contribution in [-0.2, 0) is 4.74 Å². The summed E-state index contributed by atoms with van der Waals surface area (Å²) in [6.45, 7) is 3.11. The molecule has 1 aromatic heterocycles. The van der Waals surface area contributed by atoms with Crippen LogP contribution in [-0.4, -0.2) is 45.0 Å². The number of carbonyl (C=O) groups is 1. The maximum Gasteiger partial charge on any atom is 0.253 e. The van der Waals surface area contributed by atoms with Crippen molar-refractivity contribution in [2.45, 2.75) is 13.3 Å². The number of amides is 1. The second-order valence-electron chi connectivity index (χ2n) is 6.87. The molecule has 0 radical (unpaired) electrons. The number of methoxy groups -OCH3 is 3. The quantitative estimate of drug-likeness (QED) is 0.538. The number of nitrogens with one attached hydrogen (secondary N) is 1. The fourth-order valence-electron chi connectivity index (χ4n) is 3.45. The van der Waals surface area contributed by atoms with Crippen molar-refractivity contribution in [1.82, 2.24) is 9.88 Å². The lowest BCUT2D eigenvalue weighted by Gasteiger charge is -2.16. The van der Waals surface area contributed by atoms with Crippen molar-refractivity contribution in [3.05, 3.63) is 65.9 Å². The molecule has 0 fully saturated rings. The second kappa shape index (κ2) is 9.98. The molecule has 1 amide bonds. The number of aromatic nitrogens is 1. The molecule has 0 unspecified atom stereocenters. The molecule has 6 heteroatoms. The highest BCUT2D eigenvalue weighted by Crippen LogP contribution is 2.35. The van der Waals surface area contributed by atoms with Crippen molar-refractivity contribution >= 4 is 5.91 Å². The molecule has 2 aromatic carbocycles. The number of nitrogens with zero attached hydrogens (tertiary/aromatic N) is 1. The zero-order valence-corrected chi connectivity index (χ0v) is 17.9. The first-order valence-corrected chi connectivity index (χ1v) is 9.88. The van der Waals surface area contributed by atoms with Crippen LogP contribution in [0.3, 0.4) is 0 Å². The van der Waals surface area contributed by atoms with Gasteiger partial charge in [-0.1, -0.05) is 30.3 Å². The molecule has 0 atom stereocenters. The van der Waals surface area contributed by atoms with E-state index in [4.69, 9.17) is 14.2 Å². The summed E-state index contributed by atoms with van der Waals surface area (Å²) in [5, 5.41) is 2.98. The highest BCUT2D eigenvalue weighted by molar-refractivity contribution is 5.97. The average molecular weight is 408 g/mol. The van der Waals surface area contributed by atoms with Gasteiger partial charge in [0.2, 0.25) is 0 Å². The predicted octanol–water partition coefficient (Wildman–Crippen LogP) is 4.24. The Morgan fingerprint density at radius 2 is 1.77 bits per heavy atom. The molecule has 1 heterocycles. The van der Waals surface area contributed by atoms with E-state index in [0.717, 1.165) is 29.1 Å². The summed E-state index contributed by atoms with van der Waals surface area (Å²) in [5.41, 5.74) is 4.23. The van der Waals surface area contributed by atoms with Gasteiger partial charge < -0.3 is 24.1 Å². The van der Waals surface area contributed by atoms with Gasteiger partial charge in [0.25, 0.3) is 5.91 Å². The highest BCUT2D eigenvalue weighted by atomic mass is 16.5. The number of rotatable bonds is 9. The Hall–Kier alpha value is -3.25. The maximum atomic E-state index is 12.9. The minimum absolute atomic E-state index is 0.105. The first kappa shape index (κ1) is 21.5. The van der Waals surface area contributed by atoms with Crippen LogP contribution in [0.1, 0.15) is 22.5 Å². The van der Waals surface area contributed by atoms with Crippen LogP contribution in [0.5, 0.6) is 11.5 Å². The third-order valence-electron chi connectivity index (χ3n) is 5.00. The standard InChI is InChI=1S/C24H28N2O4/c1-17-20(24(27)25-13-8-14-28-2)16-22(18-9-6-5-7-10-18)26(17)21-12-11-19(29-3)15-23(21)30-4/h5-7,9-12,15-16H,8,13-14H2,1-4H3,(H,25,27). The van der Waals surface area contributed by atoms with Gasteiger partial charge in [-0.2, -0.15) is 0 Å². The average Bonchev–Trinajstić information content (AvgIpc) is 3.13. The van der Waals surface area contributed by atoms with E-state index < -0.39 is 0 Å². The summed E-state index contributed by atoms with van der Waals surface area (Å²) in [7, 11) is 4.90. The second-order valence-corrected chi connectivity index (χ2v) is 6.87. The first-order chi connectivity index (χ1) is 14.6. The Balaban J connectivity index is 2.10. The Labute approximate surface area is 177 Å². The predicted molar refractivity (Wildman–Crippen MR) is 118 cm³/mol. The van der Waals surface area contributed by atoms with Gasteiger partial charge in [0.05, 0.1) is 31.2 Å². The van der Waals surface area contributed by atoms with Crippen LogP contribution in [0.25, 0.3) is 16.9 Å². The van der Waals surface area contributed by atoms with Crippen LogP contribution in [0.4, 0.5) is 0 Å².